The Hall–Kier alpha value is -11.6. The average Bonchev–Trinajstić information content (AvgIpc) is 1.60. The van der Waals surface area contributed by atoms with Crippen molar-refractivity contribution in [1.82, 2.24) is 41.9 Å². The number of aromatic carboxylic acids is 1. The number of hydrogen-bond donors (Lipinski definition) is 14. The predicted octanol–water partition coefficient (Wildman–Crippen LogP) is 5.84. The van der Waals surface area contributed by atoms with E-state index in [1.54, 1.807) is 54.1 Å². The first-order chi connectivity index (χ1) is 53.3. The maximum atomic E-state index is 14.3. The minimum atomic E-state index is -4.63. The van der Waals surface area contributed by atoms with Crippen LogP contribution in [0.25, 0.3) is 27.2 Å². The van der Waals surface area contributed by atoms with Gasteiger partial charge in [0.15, 0.2) is 5.71 Å². The van der Waals surface area contributed by atoms with Crippen molar-refractivity contribution < 1.29 is 123 Å². The molecule has 0 fully saturated rings. The molecular formula is C76H93N10O25S2+. The topological polar surface area (TPSA) is 548 Å². The highest BCUT2D eigenvalue weighted by Crippen LogP contribution is 2.50. The number of aromatic nitrogens is 2. The second-order valence-corrected chi connectivity index (χ2v) is 30.6. The number of amides is 6. The van der Waals surface area contributed by atoms with Crippen LogP contribution in [0.3, 0.4) is 0 Å². The van der Waals surface area contributed by atoms with Crippen molar-refractivity contribution in [3.63, 3.8) is 0 Å². The van der Waals surface area contributed by atoms with Crippen molar-refractivity contribution in [2.24, 2.45) is 0 Å². The number of benzene rings is 3. The molecule has 0 radical (unpaired) electrons. The zero-order valence-electron chi connectivity index (χ0n) is 62.7. The van der Waals surface area contributed by atoms with Gasteiger partial charge in [-0.1, -0.05) is 62.1 Å². The van der Waals surface area contributed by atoms with Crippen molar-refractivity contribution in [1.29, 1.82) is 0 Å². The largest absolute Gasteiger partial charge is 0.481 e. The zero-order chi connectivity index (χ0) is 83.3. The van der Waals surface area contributed by atoms with Crippen LogP contribution in [0.4, 0.5) is 11.4 Å². The van der Waals surface area contributed by atoms with Crippen LogP contribution in [-0.2, 0) is 78.4 Å². The van der Waals surface area contributed by atoms with Crippen LogP contribution in [-0.4, -0.2) is 210 Å². The van der Waals surface area contributed by atoms with E-state index in [0.29, 0.717) is 97.0 Å². The number of carbonyl (C=O) groups is 12. The van der Waals surface area contributed by atoms with Crippen LogP contribution in [0.5, 0.6) is 5.88 Å². The maximum absolute atomic E-state index is 14.3. The van der Waals surface area contributed by atoms with Gasteiger partial charge in [0.2, 0.25) is 47.0 Å². The van der Waals surface area contributed by atoms with Gasteiger partial charge in [-0.15, -0.1) is 0 Å². The van der Waals surface area contributed by atoms with E-state index in [2.05, 4.69) is 25.9 Å². The molecule has 0 spiro atoms. The second-order valence-electron chi connectivity index (χ2n) is 27.8. The summed E-state index contributed by atoms with van der Waals surface area (Å²) >= 11 is 0. The van der Waals surface area contributed by atoms with E-state index in [-0.39, 0.29) is 66.5 Å². The predicted molar refractivity (Wildman–Crippen MR) is 408 cm³/mol. The van der Waals surface area contributed by atoms with Gasteiger partial charge >= 0.3 is 35.8 Å². The SMILES string of the molecule is CCN1c2cc(S(=O)(=O)O)ccc2\C(=C/C=C/C=C/C2=[N+](CC)c3ccc(S(=O)(=O)O)cc3C2(C)C)C1(C)CCCC(=O)NCCCC[C@H](NC(=O)CCCCCCCCOc1nc2cc(C(=O)O)ccc2c2cnccc12)C(=O)N[C@@H](CC(=O)O)C(=O)N[C@@H](CC(=O)O)C(=O)N[C@@H](CC(=O)O)C(=O)N[C@@H](CC(=O)O)C(=O)O. The lowest BCUT2D eigenvalue weighted by molar-refractivity contribution is -0.433. The number of nitrogens with zero attached hydrogens (tertiary/aromatic N) is 4. The Morgan fingerprint density at radius 2 is 1.13 bits per heavy atom. The van der Waals surface area contributed by atoms with E-state index in [9.17, 15) is 109 Å². The number of nitrogens with one attached hydrogen (secondary N) is 6. The highest BCUT2D eigenvalue weighted by Gasteiger charge is 2.46. The van der Waals surface area contributed by atoms with E-state index < -0.39 is 152 Å². The van der Waals surface area contributed by atoms with Gasteiger partial charge in [0.25, 0.3) is 20.2 Å². The van der Waals surface area contributed by atoms with Gasteiger partial charge < -0.3 is 72.2 Å². The number of unbranched alkanes of at least 4 members (excludes halogenated alkanes) is 6. The van der Waals surface area contributed by atoms with Gasteiger partial charge in [-0.2, -0.15) is 21.4 Å². The molecule has 2 aliphatic rings. The first-order valence-corrected chi connectivity index (χ1v) is 39.3. The molecule has 4 heterocycles. The molecule has 113 heavy (non-hydrogen) atoms. The Labute approximate surface area is 649 Å². The number of rotatable bonds is 45. The minimum Gasteiger partial charge on any atom is -0.481 e. The Balaban J connectivity index is 1.00. The summed E-state index contributed by atoms with van der Waals surface area (Å²) in [6.07, 6.45) is 11.7. The molecule has 0 saturated heterocycles. The Morgan fingerprint density at radius 3 is 1.71 bits per heavy atom. The van der Waals surface area contributed by atoms with E-state index in [1.165, 1.54) is 36.4 Å². The number of fused-ring (bicyclic) bond motifs is 5. The molecule has 35 nitrogen and oxygen atoms in total. The fourth-order valence-corrected chi connectivity index (χ4v) is 14.8. The molecule has 7 rings (SSSR count). The van der Waals surface area contributed by atoms with Crippen LogP contribution in [0, 0.1) is 0 Å². The Bertz CT molecular complexity index is 4870. The van der Waals surface area contributed by atoms with E-state index in [4.69, 9.17) is 9.84 Å². The molecule has 1 unspecified atom stereocenters. The normalized spacial score (nSPS) is 16.2. The summed E-state index contributed by atoms with van der Waals surface area (Å²) in [5.41, 5.74) is 3.26. The average molecular weight is 1610 g/mol. The standard InChI is InChI=1S/C76H92N10O25S2/c1-6-85-59-30-27-45(112(105,106)107)37-52(59)75(3,4)61(85)22-14-12-13-20-51-49-29-26-46(113(108,109)110)38-60(49)86(7-2)76(51,5)32-19-24-62(87)78-33-17-16-21-53(79-63(88)23-15-10-8-9-11-18-35-111-72-48-31-34-77-43-50(48)47-28-25-44(73(101)102)36-54(47)84-72)68(97)80-55(39-64(89)90)69(98)81-56(40-65(91)92)70(99)82-57(41-66(93)94)71(100)83-58(74(103)104)42-67(95)96/h12-14,20,22,25-31,34,36-38,43,53,55-58H,6-11,15-19,21,23-24,32-33,35,39-42H2,1-5H3,(H13-,78,79,80,81,82,83,87,88,89,90,91,92,93,94,95,96,97,98,99,100,101,102,103,104,105,106,107,108,109,110)/p+1/t53-,55-,56-,57-,58-,76?/m0/s1. The van der Waals surface area contributed by atoms with Crippen LogP contribution in [0.15, 0.2) is 113 Å². The lowest BCUT2D eigenvalue weighted by Gasteiger charge is -2.38. The zero-order valence-corrected chi connectivity index (χ0v) is 64.3. The lowest BCUT2D eigenvalue weighted by Crippen LogP contribution is -2.59. The Morgan fingerprint density at radius 1 is 0.575 bits per heavy atom. The maximum Gasteiger partial charge on any atom is 0.335 e. The minimum absolute atomic E-state index is 0.00128. The lowest BCUT2D eigenvalue weighted by atomic mass is 9.81. The number of ether oxygens (including phenoxy) is 1. The molecule has 0 aliphatic carbocycles. The van der Waals surface area contributed by atoms with E-state index in [1.807, 2.05) is 73.0 Å². The molecule has 0 bridgehead atoms. The van der Waals surface area contributed by atoms with E-state index in [0.717, 1.165) is 28.8 Å². The summed E-state index contributed by atoms with van der Waals surface area (Å²) < 4.78 is 77.0. The third-order valence-electron chi connectivity index (χ3n) is 19.4. The van der Waals surface area contributed by atoms with Gasteiger partial charge in [-0.3, -0.25) is 62.0 Å². The molecule has 608 valence electrons. The third-order valence-corrected chi connectivity index (χ3v) is 21.1. The fraction of sp³-hybridized carbons (Fsp3) is 0.434. The highest BCUT2D eigenvalue weighted by atomic mass is 32.2. The van der Waals surface area contributed by atoms with Gasteiger partial charge in [0, 0.05) is 83.4 Å². The number of carbonyl (C=O) groups excluding carboxylic acids is 6. The molecule has 2 aliphatic heterocycles. The second kappa shape index (κ2) is 39.6. The molecule has 0 saturated carbocycles. The third kappa shape index (κ3) is 24.0. The summed E-state index contributed by atoms with van der Waals surface area (Å²) in [5.74, 6) is -16.3. The van der Waals surface area contributed by atoms with Gasteiger partial charge in [0.05, 0.1) is 64.1 Å². The van der Waals surface area contributed by atoms with Gasteiger partial charge in [-0.05, 0) is 128 Å². The number of carboxylic acid groups (broad SMARTS) is 6. The van der Waals surface area contributed by atoms with Crippen molar-refractivity contribution in [3.8, 4) is 5.88 Å². The quantitative estimate of drug-likeness (QED) is 0.00715. The molecule has 6 atom stereocenters. The number of anilines is 1. The van der Waals surface area contributed by atoms with Gasteiger partial charge in [-0.25, -0.2) is 14.6 Å². The summed E-state index contributed by atoms with van der Waals surface area (Å²) in [6.45, 7) is 10.9. The van der Waals surface area contributed by atoms with Crippen molar-refractivity contribution in [2.45, 2.75) is 195 Å². The van der Waals surface area contributed by atoms with Crippen LogP contribution in [0.1, 0.15) is 165 Å². The molecule has 5 aromatic rings. The molecule has 14 N–H and O–H groups in total. The molecule has 37 heteroatoms. The van der Waals surface area contributed by atoms with Gasteiger partial charge in [0.1, 0.15) is 36.8 Å². The molecule has 2 aromatic heterocycles. The Kier molecular flexibility index (Phi) is 31.0. The van der Waals surface area contributed by atoms with Crippen LogP contribution < -0.4 is 41.5 Å². The number of hydrogen-bond acceptors (Lipinski definition) is 20. The monoisotopic (exact) mass is 1610 g/mol. The number of aliphatic carboxylic acids is 5. The van der Waals surface area contributed by atoms with Crippen LogP contribution in [0.2, 0.25) is 0 Å². The van der Waals surface area contributed by atoms with Crippen LogP contribution >= 0.6 is 0 Å². The molecule has 3 aromatic carbocycles. The number of carboxylic acids is 6. The first-order valence-electron chi connectivity index (χ1n) is 36.4. The fourth-order valence-electron chi connectivity index (χ4n) is 13.8. The first kappa shape index (κ1) is 88.6. The summed E-state index contributed by atoms with van der Waals surface area (Å²) in [4.78, 5) is 163. The number of allylic oxidation sites excluding steroid dienone is 5. The van der Waals surface area contributed by atoms with E-state index >= 15 is 0 Å². The smallest absolute Gasteiger partial charge is 0.335 e. The number of pyridine rings is 2. The van der Waals surface area contributed by atoms with Crippen molar-refractivity contribution in [2.75, 3.05) is 31.1 Å². The van der Waals surface area contributed by atoms with Crippen molar-refractivity contribution in [3.05, 3.63) is 120 Å². The summed E-state index contributed by atoms with van der Waals surface area (Å²) in [6, 6.07) is 4.90. The summed E-state index contributed by atoms with van der Waals surface area (Å²) in [7, 11) is -9.10. The summed E-state index contributed by atoms with van der Waals surface area (Å²) in [5, 5.41) is 72.8. The number of likely N-dealkylation sites (N-methyl/N-ethyl adjacent to an activating group) is 1. The highest BCUT2D eigenvalue weighted by molar-refractivity contribution is 7.86. The molecule has 6 amide bonds. The van der Waals surface area contributed by atoms with Crippen molar-refractivity contribution >= 4 is 136 Å². The molecular weight excluding hydrogens is 1520 g/mol.